The molecule has 0 saturated heterocycles. The van der Waals surface area contributed by atoms with Gasteiger partial charge in [0.05, 0.1) is 0 Å². The summed E-state index contributed by atoms with van der Waals surface area (Å²) in [7, 11) is 0. The highest BCUT2D eigenvalue weighted by Crippen LogP contribution is 2.44. The van der Waals surface area contributed by atoms with Gasteiger partial charge in [-0.25, -0.2) is 0 Å². The van der Waals surface area contributed by atoms with E-state index < -0.39 is 0 Å². The Morgan fingerprint density at radius 2 is 1.75 bits per heavy atom. The lowest BCUT2D eigenvalue weighted by Gasteiger charge is -2.28. The zero-order valence-electron chi connectivity index (χ0n) is 14.5. The molecule has 1 amide bonds. The molecule has 3 nitrogen and oxygen atoms in total. The Labute approximate surface area is 156 Å². The van der Waals surface area contributed by atoms with Crippen LogP contribution in [-0.4, -0.2) is 23.7 Å². The van der Waals surface area contributed by atoms with E-state index in [-0.39, 0.29) is 23.1 Å². The van der Waals surface area contributed by atoms with Gasteiger partial charge in [-0.1, -0.05) is 43.9 Å². The molecule has 1 aliphatic rings. The van der Waals surface area contributed by atoms with Gasteiger partial charge >= 0.3 is 0 Å². The summed E-state index contributed by atoms with van der Waals surface area (Å²) >= 11 is 1.95. The predicted molar refractivity (Wildman–Crippen MR) is 106 cm³/mol. The highest BCUT2D eigenvalue weighted by atomic mass is 35.5. The zero-order valence-corrected chi connectivity index (χ0v) is 16.1. The number of hydrogen-bond acceptors (Lipinski definition) is 3. The van der Waals surface area contributed by atoms with E-state index >= 15 is 0 Å². The molecular weight excluding hydrogens is 340 g/mol. The van der Waals surface area contributed by atoms with Gasteiger partial charge in [-0.2, -0.15) is 0 Å². The van der Waals surface area contributed by atoms with Crippen molar-refractivity contribution in [2.45, 2.75) is 67.4 Å². The van der Waals surface area contributed by atoms with Gasteiger partial charge < -0.3 is 11.1 Å². The van der Waals surface area contributed by atoms with Crippen LogP contribution in [0.4, 0.5) is 0 Å². The molecule has 0 heterocycles. The molecule has 24 heavy (non-hydrogen) atoms. The average molecular weight is 371 g/mol. The number of nitrogens with two attached hydrogens (primary N) is 1. The molecule has 0 spiro atoms. The van der Waals surface area contributed by atoms with Crippen molar-refractivity contribution in [1.82, 2.24) is 5.32 Å². The van der Waals surface area contributed by atoms with E-state index in [1.807, 2.05) is 11.8 Å². The first-order valence-corrected chi connectivity index (χ1v) is 9.77. The smallest absolute Gasteiger partial charge is 0.220 e. The second-order valence-electron chi connectivity index (χ2n) is 6.53. The maximum atomic E-state index is 12.1. The van der Waals surface area contributed by atoms with Crippen molar-refractivity contribution >= 4 is 30.1 Å². The Morgan fingerprint density at radius 3 is 2.42 bits per heavy atom. The Balaban J connectivity index is 0.00000288. The zero-order chi connectivity index (χ0) is 16.4. The Kier molecular flexibility index (Phi) is 10.5. The topological polar surface area (TPSA) is 55.1 Å². The van der Waals surface area contributed by atoms with Crippen molar-refractivity contribution in [3.63, 3.8) is 0 Å². The molecule has 136 valence electrons. The molecule has 0 bridgehead atoms. The number of carbonyl (C=O) groups is 1. The number of benzene rings is 1. The number of hydrogen-bond donors (Lipinski definition) is 2. The number of halogens is 1. The average Bonchev–Trinajstić information content (AvgIpc) is 3.02. The number of amides is 1. The second kappa shape index (κ2) is 11.8. The fourth-order valence-electron chi connectivity index (χ4n) is 3.20. The van der Waals surface area contributed by atoms with Crippen LogP contribution in [-0.2, 0) is 4.79 Å². The summed E-state index contributed by atoms with van der Waals surface area (Å²) in [5, 5.41) is 3.19. The summed E-state index contributed by atoms with van der Waals surface area (Å²) in [6.07, 6.45) is 9.88. The number of thioether (sulfide) groups is 1. The van der Waals surface area contributed by atoms with Gasteiger partial charge in [-0.3, -0.25) is 4.79 Å². The lowest BCUT2D eigenvalue weighted by molar-refractivity contribution is -0.121. The highest BCUT2D eigenvalue weighted by molar-refractivity contribution is 8.00. The Morgan fingerprint density at radius 1 is 1.08 bits per heavy atom. The standard InChI is InChI=1S/C19H30N2OS.ClH/c20-15-9-2-1-6-12-18(22)21-16-19(13-7-8-14-19)23-17-10-4-3-5-11-17;/h3-5,10-11H,1-2,6-9,12-16,20H2,(H,21,22);1H. The molecule has 2 rings (SSSR count). The molecule has 1 aromatic rings. The predicted octanol–water partition coefficient (Wildman–Crippen LogP) is 4.54. The van der Waals surface area contributed by atoms with E-state index in [0.29, 0.717) is 6.42 Å². The van der Waals surface area contributed by atoms with Crippen LogP contribution < -0.4 is 11.1 Å². The molecule has 1 fully saturated rings. The van der Waals surface area contributed by atoms with Crippen LogP contribution in [0.25, 0.3) is 0 Å². The monoisotopic (exact) mass is 370 g/mol. The molecule has 1 saturated carbocycles. The summed E-state index contributed by atoms with van der Waals surface area (Å²) in [5.41, 5.74) is 5.48. The molecule has 5 heteroatoms. The molecule has 3 N–H and O–H groups in total. The van der Waals surface area contributed by atoms with Crippen LogP contribution in [0.15, 0.2) is 35.2 Å². The van der Waals surface area contributed by atoms with Crippen LogP contribution in [0.3, 0.4) is 0 Å². The minimum absolute atomic E-state index is 0. The first kappa shape index (κ1) is 21.3. The first-order valence-electron chi connectivity index (χ1n) is 8.95. The summed E-state index contributed by atoms with van der Waals surface area (Å²) in [6, 6.07) is 10.6. The van der Waals surface area contributed by atoms with Crippen molar-refractivity contribution in [3.05, 3.63) is 30.3 Å². The molecule has 0 aliphatic heterocycles. The van der Waals surface area contributed by atoms with Gasteiger partial charge in [-0.15, -0.1) is 24.2 Å². The molecule has 0 radical (unpaired) electrons. The fraction of sp³-hybridized carbons (Fsp3) is 0.632. The van der Waals surface area contributed by atoms with E-state index in [2.05, 4.69) is 35.6 Å². The van der Waals surface area contributed by atoms with Gasteiger partial charge in [0.2, 0.25) is 5.91 Å². The van der Waals surface area contributed by atoms with Crippen LogP contribution in [0.1, 0.15) is 57.8 Å². The molecule has 1 aliphatic carbocycles. The third-order valence-corrected chi connectivity index (χ3v) is 6.05. The van der Waals surface area contributed by atoms with Crippen molar-refractivity contribution in [1.29, 1.82) is 0 Å². The van der Waals surface area contributed by atoms with Crippen molar-refractivity contribution < 1.29 is 4.79 Å². The third kappa shape index (κ3) is 7.45. The summed E-state index contributed by atoms with van der Waals surface area (Å²) < 4.78 is 0.191. The minimum atomic E-state index is 0. The van der Waals surface area contributed by atoms with Gasteiger partial charge in [0.1, 0.15) is 0 Å². The third-order valence-electron chi connectivity index (χ3n) is 4.56. The molecule has 0 atom stereocenters. The molecular formula is C19H31ClN2OS. The van der Waals surface area contributed by atoms with Crippen LogP contribution in [0.5, 0.6) is 0 Å². The second-order valence-corrected chi connectivity index (χ2v) is 8.08. The normalized spacial score (nSPS) is 15.7. The maximum Gasteiger partial charge on any atom is 0.220 e. The molecule has 1 aromatic carbocycles. The quantitative estimate of drug-likeness (QED) is 0.594. The number of unbranched alkanes of at least 4 members (excludes halogenated alkanes) is 3. The Hall–Kier alpha value is -0.710. The van der Waals surface area contributed by atoms with Crippen molar-refractivity contribution in [3.8, 4) is 0 Å². The van der Waals surface area contributed by atoms with Crippen LogP contribution in [0, 0.1) is 0 Å². The number of carbonyl (C=O) groups excluding carboxylic acids is 1. The largest absolute Gasteiger partial charge is 0.355 e. The summed E-state index contributed by atoms with van der Waals surface area (Å²) in [5.74, 6) is 0.206. The Bertz CT molecular complexity index is 464. The summed E-state index contributed by atoms with van der Waals surface area (Å²) in [4.78, 5) is 13.4. The maximum absolute atomic E-state index is 12.1. The SMILES string of the molecule is Cl.NCCCCCCC(=O)NCC1(Sc2ccccc2)CCCC1. The highest BCUT2D eigenvalue weighted by Gasteiger charge is 2.35. The van der Waals surface area contributed by atoms with E-state index in [4.69, 9.17) is 5.73 Å². The van der Waals surface area contributed by atoms with E-state index in [9.17, 15) is 4.79 Å². The lowest BCUT2D eigenvalue weighted by atomic mass is 10.1. The van der Waals surface area contributed by atoms with Gasteiger partial charge in [0, 0.05) is 22.6 Å². The van der Waals surface area contributed by atoms with Crippen LogP contribution in [0.2, 0.25) is 0 Å². The fourth-order valence-corrected chi connectivity index (χ4v) is 4.63. The molecule has 0 unspecified atom stereocenters. The summed E-state index contributed by atoms with van der Waals surface area (Å²) in [6.45, 7) is 1.56. The molecule has 0 aromatic heterocycles. The van der Waals surface area contributed by atoms with Crippen LogP contribution >= 0.6 is 24.2 Å². The van der Waals surface area contributed by atoms with Gasteiger partial charge in [0.15, 0.2) is 0 Å². The lowest BCUT2D eigenvalue weighted by Crippen LogP contribution is -2.38. The van der Waals surface area contributed by atoms with Crippen molar-refractivity contribution in [2.75, 3.05) is 13.1 Å². The minimum Gasteiger partial charge on any atom is -0.355 e. The van der Waals surface area contributed by atoms with Gasteiger partial charge in [-0.05, 0) is 44.4 Å². The number of nitrogens with one attached hydrogen (secondary N) is 1. The number of rotatable bonds is 10. The van der Waals surface area contributed by atoms with E-state index in [1.54, 1.807) is 0 Å². The van der Waals surface area contributed by atoms with E-state index in [0.717, 1.165) is 38.8 Å². The van der Waals surface area contributed by atoms with Gasteiger partial charge in [0.25, 0.3) is 0 Å². The van der Waals surface area contributed by atoms with E-state index in [1.165, 1.54) is 30.6 Å². The first-order chi connectivity index (χ1) is 11.2. The van der Waals surface area contributed by atoms with Crippen molar-refractivity contribution in [2.24, 2.45) is 5.73 Å².